The Bertz CT molecular complexity index is 235. The summed E-state index contributed by atoms with van der Waals surface area (Å²) in [6.45, 7) is 6.62. The van der Waals surface area contributed by atoms with Crippen molar-refractivity contribution in [2.45, 2.75) is 45.6 Å². The van der Waals surface area contributed by atoms with E-state index in [4.69, 9.17) is 0 Å². The zero-order valence-electron chi connectivity index (χ0n) is 9.92. The fourth-order valence-corrected chi connectivity index (χ4v) is 2.81. The van der Waals surface area contributed by atoms with Crippen LogP contribution in [0.2, 0.25) is 0 Å². The van der Waals surface area contributed by atoms with E-state index in [-0.39, 0.29) is 0 Å². The summed E-state index contributed by atoms with van der Waals surface area (Å²) in [7, 11) is 0. The van der Waals surface area contributed by atoms with Gasteiger partial charge in [0.25, 0.3) is 0 Å². The third kappa shape index (κ3) is 2.64. The van der Waals surface area contributed by atoms with Crippen molar-refractivity contribution in [3.63, 3.8) is 0 Å². The van der Waals surface area contributed by atoms with Gasteiger partial charge in [-0.3, -0.25) is 4.99 Å². The van der Waals surface area contributed by atoms with Gasteiger partial charge in [0.1, 0.15) is 0 Å². The number of guanidine groups is 1. The van der Waals surface area contributed by atoms with E-state index in [1.807, 2.05) is 0 Å². The predicted molar refractivity (Wildman–Crippen MR) is 64.0 cm³/mol. The first-order valence-corrected chi connectivity index (χ1v) is 6.32. The van der Waals surface area contributed by atoms with E-state index in [0.29, 0.717) is 6.04 Å². The van der Waals surface area contributed by atoms with Crippen molar-refractivity contribution in [2.75, 3.05) is 13.1 Å². The van der Waals surface area contributed by atoms with Gasteiger partial charge in [-0.05, 0) is 24.7 Å². The lowest BCUT2D eigenvalue weighted by molar-refractivity contribution is 0.223. The molecule has 0 aromatic carbocycles. The van der Waals surface area contributed by atoms with Gasteiger partial charge >= 0.3 is 0 Å². The molecule has 0 amide bonds. The second kappa shape index (κ2) is 4.86. The third-order valence-electron chi connectivity index (χ3n) is 3.67. The van der Waals surface area contributed by atoms with Crippen molar-refractivity contribution < 1.29 is 0 Å². The lowest BCUT2D eigenvalue weighted by Crippen LogP contribution is -2.47. The maximum absolute atomic E-state index is 4.42. The molecule has 1 heterocycles. The van der Waals surface area contributed by atoms with Crippen molar-refractivity contribution in [1.82, 2.24) is 10.6 Å². The van der Waals surface area contributed by atoms with Gasteiger partial charge in [0.15, 0.2) is 5.96 Å². The first-order valence-electron chi connectivity index (χ1n) is 6.32. The van der Waals surface area contributed by atoms with Gasteiger partial charge in [0, 0.05) is 12.6 Å². The molecule has 0 saturated heterocycles. The minimum absolute atomic E-state index is 0.642. The Balaban J connectivity index is 1.92. The highest BCUT2D eigenvalue weighted by Crippen LogP contribution is 2.30. The van der Waals surface area contributed by atoms with Gasteiger partial charge in [-0.25, -0.2) is 0 Å². The van der Waals surface area contributed by atoms with E-state index >= 15 is 0 Å². The SMILES string of the molecule is CC(C)C1CCCCC1NC1=NCCN1. The van der Waals surface area contributed by atoms with Gasteiger partial charge in [-0.15, -0.1) is 0 Å². The van der Waals surface area contributed by atoms with Crippen LogP contribution < -0.4 is 10.6 Å². The normalized spacial score (nSPS) is 31.3. The van der Waals surface area contributed by atoms with Crippen LogP contribution in [-0.2, 0) is 0 Å². The number of hydrogen-bond acceptors (Lipinski definition) is 3. The zero-order valence-corrected chi connectivity index (χ0v) is 9.92. The lowest BCUT2D eigenvalue weighted by atomic mass is 9.78. The molecule has 0 aromatic heterocycles. The Morgan fingerprint density at radius 2 is 2.13 bits per heavy atom. The summed E-state index contributed by atoms with van der Waals surface area (Å²) in [5.74, 6) is 2.64. The molecule has 1 saturated carbocycles. The average Bonchev–Trinajstić information content (AvgIpc) is 2.71. The fourth-order valence-electron chi connectivity index (χ4n) is 2.81. The van der Waals surface area contributed by atoms with E-state index < -0.39 is 0 Å². The summed E-state index contributed by atoms with van der Waals surface area (Å²) in [5, 5.41) is 6.89. The Morgan fingerprint density at radius 3 is 2.80 bits per heavy atom. The maximum atomic E-state index is 4.42. The predicted octanol–water partition coefficient (Wildman–Crippen LogP) is 1.75. The average molecular weight is 209 g/mol. The number of hydrogen-bond donors (Lipinski definition) is 2. The lowest BCUT2D eigenvalue weighted by Gasteiger charge is -2.35. The molecule has 0 aromatic rings. The number of aliphatic imine (C=N–C) groups is 1. The first-order chi connectivity index (χ1) is 7.27. The Morgan fingerprint density at radius 1 is 1.33 bits per heavy atom. The van der Waals surface area contributed by atoms with Crippen molar-refractivity contribution in [2.24, 2.45) is 16.8 Å². The van der Waals surface area contributed by atoms with E-state index in [0.717, 1.165) is 30.9 Å². The minimum atomic E-state index is 0.642. The molecule has 1 aliphatic carbocycles. The Hall–Kier alpha value is -0.730. The zero-order chi connectivity index (χ0) is 10.7. The van der Waals surface area contributed by atoms with E-state index in [1.54, 1.807) is 0 Å². The first kappa shape index (κ1) is 10.8. The molecule has 3 nitrogen and oxygen atoms in total. The molecule has 1 aliphatic heterocycles. The molecular weight excluding hydrogens is 186 g/mol. The van der Waals surface area contributed by atoms with Crippen LogP contribution in [0, 0.1) is 11.8 Å². The van der Waals surface area contributed by atoms with Crippen molar-refractivity contribution in [3.05, 3.63) is 0 Å². The highest BCUT2D eigenvalue weighted by Gasteiger charge is 2.28. The summed E-state index contributed by atoms with van der Waals surface area (Å²) < 4.78 is 0. The molecule has 86 valence electrons. The van der Waals surface area contributed by atoms with E-state index in [9.17, 15) is 0 Å². The molecule has 0 spiro atoms. The topological polar surface area (TPSA) is 36.4 Å². The monoisotopic (exact) mass is 209 g/mol. The maximum Gasteiger partial charge on any atom is 0.191 e. The molecule has 0 radical (unpaired) electrons. The summed E-state index contributed by atoms with van der Waals surface area (Å²) in [6.07, 6.45) is 5.46. The van der Waals surface area contributed by atoms with E-state index in [1.165, 1.54) is 25.7 Å². The molecule has 1 fully saturated rings. The molecule has 2 unspecified atom stereocenters. The molecule has 3 heteroatoms. The molecule has 0 bridgehead atoms. The minimum Gasteiger partial charge on any atom is -0.355 e. The highest BCUT2D eigenvalue weighted by molar-refractivity contribution is 5.81. The number of nitrogens with zero attached hydrogens (tertiary/aromatic N) is 1. The summed E-state index contributed by atoms with van der Waals surface area (Å²) in [6, 6.07) is 0.642. The van der Waals surface area contributed by atoms with Crippen LogP contribution in [0.1, 0.15) is 39.5 Å². The van der Waals surface area contributed by atoms with Gasteiger partial charge in [-0.2, -0.15) is 0 Å². The number of nitrogens with one attached hydrogen (secondary N) is 2. The third-order valence-corrected chi connectivity index (χ3v) is 3.67. The molecule has 2 aliphatic rings. The van der Waals surface area contributed by atoms with Crippen LogP contribution >= 0.6 is 0 Å². The summed E-state index contributed by atoms with van der Waals surface area (Å²) in [4.78, 5) is 4.42. The van der Waals surface area contributed by atoms with Crippen LogP contribution in [0.5, 0.6) is 0 Å². The molecule has 15 heavy (non-hydrogen) atoms. The number of rotatable bonds is 2. The second-order valence-corrected chi connectivity index (χ2v) is 5.10. The van der Waals surface area contributed by atoms with Gasteiger partial charge < -0.3 is 10.6 Å². The molecule has 2 atom stereocenters. The van der Waals surface area contributed by atoms with Gasteiger partial charge in [0.05, 0.1) is 6.54 Å². The van der Waals surface area contributed by atoms with Crippen LogP contribution in [0.4, 0.5) is 0 Å². The quantitative estimate of drug-likeness (QED) is 0.727. The van der Waals surface area contributed by atoms with Crippen LogP contribution in [0.25, 0.3) is 0 Å². The largest absolute Gasteiger partial charge is 0.355 e. The Labute approximate surface area is 92.7 Å². The van der Waals surface area contributed by atoms with Crippen LogP contribution in [-0.4, -0.2) is 25.1 Å². The summed E-state index contributed by atoms with van der Waals surface area (Å²) in [5.41, 5.74) is 0. The van der Waals surface area contributed by atoms with Gasteiger partial charge in [0.2, 0.25) is 0 Å². The van der Waals surface area contributed by atoms with Crippen LogP contribution in [0.15, 0.2) is 4.99 Å². The van der Waals surface area contributed by atoms with Crippen LogP contribution in [0.3, 0.4) is 0 Å². The van der Waals surface area contributed by atoms with Crippen molar-refractivity contribution in [1.29, 1.82) is 0 Å². The Kier molecular flexibility index (Phi) is 3.49. The summed E-state index contributed by atoms with van der Waals surface area (Å²) >= 11 is 0. The molecule has 2 rings (SSSR count). The van der Waals surface area contributed by atoms with E-state index in [2.05, 4.69) is 29.5 Å². The molecular formula is C12H23N3. The standard InChI is InChI=1S/C12H23N3/c1-9(2)10-5-3-4-6-11(10)15-12-13-7-8-14-12/h9-11H,3-8H2,1-2H3,(H2,13,14,15). The van der Waals surface area contributed by atoms with Gasteiger partial charge in [-0.1, -0.05) is 26.7 Å². The highest BCUT2D eigenvalue weighted by atomic mass is 15.2. The van der Waals surface area contributed by atoms with Crippen molar-refractivity contribution in [3.8, 4) is 0 Å². The van der Waals surface area contributed by atoms with Crippen molar-refractivity contribution >= 4 is 5.96 Å². The second-order valence-electron chi connectivity index (χ2n) is 5.10. The fraction of sp³-hybridized carbons (Fsp3) is 0.917. The smallest absolute Gasteiger partial charge is 0.191 e. The molecule has 2 N–H and O–H groups in total.